The van der Waals surface area contributed by atoms with E-state index in [1.54, 1.807) is 12.1 Å². The normalized spacial score (nSPS) is 10.5. The summed E-state index contributed by atoms with van der Waals surface area (Å²) in [5, 5.41) is 12.4. The minimum atomic E-state index is -1.07. The number of benzene rings is 1. The van der Waals surface area contributed by atoms with E-state index in [4.69, 9.17) is 9.84 Å². The first-order valence-corrected chi connectivity index (χ1v) is 6.90. The fourth-order valence-electron chi connectivity index (χ4n) is 1.16. The summed E-state index contributed by atoms with van der Waals surface area (Å²) in [7, 11) is 0. The molecule has 0 radical (unpaired) electrons. The van der Waals surface area contributed by atoms with Gasteiger partial charge >= 0.3 is 5.97 Å². The average molecular weight is 441 g/mol. The molecule has 0 atom stereocenters. The van der Waals surface area contributed by atoms with E-state index < -0.39 is 12.6 Å². The Kier molecular flexibility index (Phi) is 6.22. The molecule has 0 saturated heterocycles. The van der Waals surface area contributed by atoms with E-state index in [9.17, 15) is 9.59 Å². The third-order valence-electron chi connectivity index (χ3n) is 1.80. The number of aliphatic carboxylic acids is 1. The molecule has 0 aliphatic heterocycles. The molecule has 0 aromatic heterocycles. The summed E-state index contributed by atoms with van der Waals surface area (Å²) in [6, 6.07) is 3.54. The number of carboxylic acid groups (broad SMARTS) is 1. The van der Waals surface area contributed by atoms with Crippen LogP contribution in [0.3, 0.4) is 0 Å². The quantitative estimate of drug-likeness (QED) is 0.416. The van der Waals surface area contributed by atoms with Crippen molar-refractivity contribution in [1.29, 1.82) is 0 Å². The number of nitrogens with zero attached hydrogens (tertiary/aromatic N) is 1. The number of carboxylic acids is 1. The minimum Gasteiger partial charge on any atom is -0.480 e. The van der Waals surface area contributed by atoms with Gasteiger partial charge in [0.2, 0.25) is 5.91 Å². The highest BCUT2D eigenvalue weighted by Crippen LogP contribution is 2.30. The van der Waals surface area contributed by atoms with Gasteiger partial charge in [0, 0.05) is 16.1 Å². The third-order valence-corrected chi connectivity index (χ3v) is 3.01. The zero-order chi connectivity index (χ0) is 14.4. The van der Waals surface area contributed by atoms with E-state index in [0.717, 1.165) is 3.57 Å². The van der Waals surface area contributed by atoms with Gasteiger partial charge in [-0.3, -0.25) is 4.79 Å². The van der Waals surface area contributed by atoms with Crippen LogP contribution in [0, 0.1) is 3.57 Å². The molecule has 19 heavy (non-hydrogen) atoms. The molecule has 0 unspecified atom stereocenters. The second-order valence-corrected chi connectivity index (χ2v) is 5.51. The summed E-state index contributed by atoms with van der Waals surface area (Å²) in [4.78, 5) is 21.3. The van der Waals surface area contributed by atoms with Crippen LogP contribution in [0.15, 0.2) is 21.7 Å². The standard InChI is InChI=1S/C11H10BrIN2O4/c1-6(16)15-14-4-7-2-8(13)3-9(12)11(7)19-5-10(17)18/h2-4H,5H2,1H3,(H,15,16)(H,17,18)/b14-4-. The van der Waals surface area contributed by atoms with Crippen LogP contribution in [0.2, 0.25) is 0 Å². The van der Waals surface area contributed by atoms with Gasteiger partial charge in [-0.05, 0) is 50.7 Å². The first-order valence-electron chi connectivity index (χ1n) is 5.03. The molecule has 0 aliphatic rings. The topological polar surface area (TPSA) is 88.0 Å². The Bertz CT molecular complexity index is 534. The number of rotatable bonds is 5. The number of halogens is 2. The SMILES string of the molecule is CC(=O)N/N=C\c1cc(I)cc(Br)c1OCC(=O)O. The average Bonchev–Trinajstić information content (AvgIpc) is 2.26. The van der Waals surface area contributed by atoms with Crippen molar-refractivity contribution in [2.75, 3.05) is 6.61 Å². The van der Waals surface area contributed by atoms with Gasteiger partial charge in [0.25, 0.3) is 0 Å². The lowest BCUT2D eigenvalue weighted by Gasteiger charge is -2.10. The maximum Gasteiger partial charge on any atom is 0.341 e. The van der Waals surface area contributed by atoms with Gasteiger partial charge in [-0.2, -0.15) is 5.10 Å². The van der Waals surface area contributed by atoms with Crippen LogP contribution >= 0.6 is 38.5 Å². The van der Waals surface area contributed by atoms with Crippen molar-refractivity contribution in [3.05, 3.63) is 25.7 Å². The monoisotopic (exact) mass is 440 g/mol. The molecular formula is C11H10BrIN2O4. The highest BCUT2D eigenvalue weighted by atomic mass is 127. The summed E-state index contributed by atoms with van der Waals surface area (Å²) < 4.78 is 6.72. The van der Waals surface area contributed by atoms with Crippen molar-refractivity contribution < 1.29 is 19.4 Å². The van der Waals surface area contributed by atoms with E-state index in [1.807, 2.05) is 0 Å². The van der Waals surface area contributed by atoms with Crippen molar-refractivity contribution >= 4 is 56.6 Å². The number of hydrazone groups is 1. The van der Waals surface area contributed by atoms with Crippen LogP contribution in [0.4, 0.5) is 0 Å². The molecular weight excluding hydrogens is 431 g/mol. The molecule has 1 rings (SSSR count). The molecule has 6 nitrogen and oxygen atoms in total. The number of hydrogen-bond acceptors (Lipinski definition) is 4. The highest BCUT2D eigenvalue weighted by molar-refractivity contribution is 14.1. The predicted molar refractivity (Wildman–Crippen MR) is 81.4 cm³/mol. The summed E-state index contributed by atoms with van der Waals surface area (Å²) in [5.74, 6) is -1.01. The Labute approximate surface area is 131 Å². The number of hydrogen-bond donors (Lipinski definition) is 2. The third kappa shape index (κ3) is 5.55. The second-order valence-electron chi connectivity index (χ2n) is 3.41. The lowest BCUT2D eigenvalue weighted by molar-refractivity contribution is -0.139. The van der Waals surface area contributed by atoms with Gasteiger partial charge in [0.05, 0.1) is 10.7 Å². The lowest BCUT2D eigenvalue weighted by atomic mass is 10.2. The fraction of sp³-hybridized carbons (Fsp3) is 0.182. The smallest absolute Gasteiger partial charge is 0.341 e. The van der Waals surface area contributed by atoms with Crippen molar-refractivity contribution in [3.63, 3.8) is 0 Å². The maximum atomic E-state index is 10.7. The summed E-state index contributed by atoms with van der Waals surface area (Å²) in [6.45, 7) is 0.879. The maximum absolute atomic E-state index is 10.7. The van der Waals surface area contributed by atoms with Gasteiger partial charge in [-0.25, -0.2) is 10.2 Å². The van der Waals surface area contributed by atoms with Gasteiger partial charge in [0.1, 0.15) is 5.75 Å². The molecule has 0 saturated carbocycles. The largest absolute Gasteiger partial charge is 0.480 e. The van der Waals surface area contributed by atoms with E-state index in [1.165, 1.54) is 13.1 Å². The van der Waals surface area contributed by atoms with Crippen molar-refractivity contribution in [1.82, 2.24) is 5.43 Å². The predicted octanol–water partition coefficient (Wildman–Crippen LogP) is 1.99. The minimum absolute atomic E-state index is 0.297. The molecule has 1 aromatic rings. The first-order chi connectivity index (χ1) is 8.90. The molecule has 1 aromatic carbocycles. The second kappa shape index (κ2) is 7.43. The Morgan fingerprint density at radius 1 is 1.58 bits per heavy atom. The van der Waals surface area contributed by atoms with Gasteiger partial charge < -0.3 is 9.84 Å². The zero-order valence-corrected chi connectivity index (χ0v) is 13.6. The van der Waals surface area contributed by atoms with Crippen LogP contribution in [-0.4, -0.2) is 29.8 Å². The first kappa shape index (κ1) is 15.9. The highest BCUT2D eigenvalue weighted by Gasteiger charge is 2.10. The van der Waals surface area contributed by atoms with Crippen molar-refractivity contribution in [2.24, 2.45) is 5.10 Å². The van der Waals surface area contributed by atoms with E-state index in [2.05, 4.69) is 49.0 Å². The number of nitrogens with one attached hydrogen (secondary N) is 1. The van der Waals surface area contributed by atoms with E-state index >= 15 is 0 Å². The van der Waals surface area contributed by atoms with E-state index in [0.29, 0.717) is 15.8 Å². The van der Waals surface area contributed by atoms with E-state index in [-0.39, 0.29) is 5.91 Å². The van der Waals surface area contributed by atoms with Crippen LogP contribution < -0.4 is 10.2 Å². The summed E-state index contributed by atoms with van der Waals surface area (Å²) >= 11 is 5.40. The van der Waals surface area contributed by atoms with Crippen molar-refractivity contribution in [2.45, 2.75) is 6.92 Å². The molecule has 2 N–H and O–H groups in total. The molecule has 0 aliphatic carbocycles. The van der Waals surface area contributed by atoms with Crippen LogP contribution in [0.25, 0.3) is 0 Å². The van der Waals surface area contributed by atoms with Crippen molar-refractivity contribution in [3.8, 4) is 5.75 Å². The molecule has 102 valence electrons. The Morgan fingerprint density at radius 2 is 2.26 bits per heavy atom. The number of carbonyl (C=O) groups excluding carboxylic acids is 1. The molecule has 0 spiro atoms. The fourth-order valence-corrected chi connectivity index (χ4v) is 2.82. The summed E-state index contributed by atoms with van der Waals surface area (Å²) in [5.41, 5.74) is 2.83. The number of ether oxygens (including phenoxy) is 1. The molecule has 0 bridgehead atoms. The molecule has 0 heterocycles. The number of carbonyl (C=O) groups is 2. The van der Waals surface area contributed by atoms with Crippen LogP contribution in [0.1, 0.15) is 12.5 Å². The molecule has 1 amide bonds. The Balaban J connectivity index is 3.01. The summed E-state index contributed by atoms with van der Waals surface area (Å²) in [6.07, 6.45) is 1.39. The van der Waals surface area contributed by atoms with Crippen LogP contribution in [-0.2, 0) is 9.59 Å². The lowest BCUT2D eigenvalue weighted by Crippen LogP contribution is -2.13. The van der Waals surface area contributed by atoms with Crippen LogP contribution in [0.5, 0.6) is 5.75 Å². The van der Waals surface area contributed by atoms with Gasteiger partial charge in [-0.1, -0.05) is 0 Å². The molecule has 8 heteroatoms. The Hall–Kier alpha value is -1.16. The van der Waals surface area contributed by atoms with Gasteiger partial charge in [-0.15, -0.1) is 0 Å². The zero-order valence-electron chi connectivity index (χ0n) is 9.81. The number of amides is 1. The molecule has 0 fully saturated rings. The Morgan fingerprint density at radius 3 is 2.84 bits per heavy atom. The van der Waals surface area contributed by atoms with Gasteiger partial charge in [0.15, 0.2) is 6.61 Å².